The molecule has 0 radical (unpaired) electrons. The zero-order chi connectivity index (χ0) is 14.6. The van der Waals surface area contributed by atoms with Gasteiger partial charge in [0.2, 0.25) is 0 Å². The second-order valence-corrected chi connectivity index (χ2v) is 6.45. The summed E-state index contributed by atoms with van der Waals surface area (Å²) >= 11 is 0. The van der Waals surface area contributed by atoms with E-state index in [0.29, 0.717) is 11.8 Å². The van der Waals surface area contributed by atoms with Gasteiger partial charge in [-0.25, -0.2) is 4.39 Å². The molecule has 2 aromatic carbocycles. The topological polar surface area (TPSA) is 20.2 Å². The van der Waals surface area contributed by atoms with Crippen LogP contribution in [0.3, 0.4) is 0 Å². The molecule has 2 aliphatic rings. The SMILES string of the molecule is Cc1ccc(F)cc1C(O)C1C2CCc3ccccc3C21. The minimum absolute atomic E-state index is 0.245. The van der Waals surface area contributed by atoms with Crippen LogP contribution in [0.4, 0.5) is 4.39 Å². The lowest BCUT2D eigenvalue weighted by Gasteiger charge is -2.14. The van der Waals surface area contributed by atoms with E-state index in [2.05, 4.69) is 24.3 Å². The van der Waals surface area contributed by atoms with Crippen molar-refractivity contribution in [2.24, 2.45) is 11.8 Å². The quantitative estimate of drug-likeness (QED) is 0.877. The molecule has 0 amide bonds. The summed E-state index contributed by atoms with van der Waals surface area (Å²) in [4.78, 5) is 0. The summed E-state index contributed by atoms with van der Waals surface area (Å²) in [6.07, 6.45) is 1.68. The van der Waals surface area contributed by atoms with Crippen molar-refractivity contribution in [3.8, 4) is 0 Å². The van der Waals surface area contributed by atoms with Gasteiger partial charge in [-0.15, -0.1) is 0 Å². The molecule has 1 N–H and O–H groups in total. The van der Waals surface area contributed by atoms with E-state index in [-0.39, 0.29) is 11.7 Å². The van der Waals surface area contributed by atoms with Crippen LogP contribution in [0.2, 0.25) is 0 Å². The van der Waals surface area contributed by atoms with Gasteiger partial charge < -0.3 is 5.11 Å². The first kappa shape index (κ1) is 13.0. The van der Waals surface area contributed by atoms with E-state index in [4.69, 9.17) is 0 Å². The molecule has 108 valence electrons. The summed E-state index contributed by atoms with van der Waals surface area (Å²) < 4.78 is 13.5. The van der Waals surface area contributed by atoms with E-state index in [0.717, 1.165) is 24.0 Å². The molecule has 1 saturated carbocycles. The maximum absolute atomic E-state index is 13.5. The van der Waals surface area contributed by atoms with Crippen molar-refractivity contribution in [1.29, 1.82) is 0 Å². The van der Waals surface area contributed by atoms with Gasteiger partial charge >= 0.3 is 0 Å². The maximum atomic E-state index is 13.5. The van der Waals surface area contributed by atoms with Crippen LogP contribution >= 0.6 is 0 Å². The van der Waals surface area contributed by atoms with Gasteiger partial charge in [-0.2, -0.15) is 0 Å². The highest BCUT2D eigenvalue weighted by Gasteiger charge is 2.56. The van der Waals surface area contributed by atoms with Crippen LogP contribution in [0.15, 0.2) is 42.5 Å². The fraction of sp³-hybridized carbons (Fsp3) is 0.368. The summed E-state index contributed by atoms with van der Waals surface area (Å²) in [5, 5.41) is 10.8. The zero-order valence-corrected chi connectivity index (χ0v) is 12.1. The number of hydrogen-bond donors (Lipinski definition) is 1. The third-order valence-electron chi connectivity index (χ3n) is 5.32. The van der Waals surface area contributed by atoms with Crippen LogP contribution in [0.25, 0.3) is 0 Å². The molecule has 0 spiro atoms. The number of benzene rings is 2. The Hall–Kier alpha value is -1.67. The Morgan fingerprint density at radius 2 is 2.00 bits per heavy atom. The molecular weight excluding hydrogens is 263 g/mol. The molecule has 1 fully saturated rings. The van der Waals surface area contributed by atoms with Crippen molar-refractivity contribution in [1.82, 2.24) is 0 Å². The predicted molar refractivity (Wildman–Crippen MR) is 80.6 cm³/mol. The molecule has 0 bridgehead atoms. The van der Waals surface area contributed by atoms with E-state index in [1.54, 1.807) is 6.07 Å². The number of aliphatic hydroxyl groups excluding tert-OH is 1. The molecule has 0 heterocycles. The van der Waals surface area contributed by atoms with E-state index in [9.17, 15) is 9.50 Å². The Balaban J connectivity index is 1.66. The summed E-state index contributed by atoms with van der Waals surface area (Å²) in [6.45, 7) is 1.94. The number of aryl methyl sites for hydroxylation is 2. The van der Waals surface area contributed by atoms with Gasteiger partial charge in [-0.3, -0.25) is 0 Å². The van der Waals surface area contributed by atoms with Crippen molar-refractivity contribution in [3.05, 3.63) is 70.5 Å². The second-order valence-electron chi connectivity index (χ2n) is 6.45. The standard InChI is InChI=1S/C19H19FO/c1-11-6-8-13(20)10-16(11)19(21)18-15-9-7-12-4-2-3-5-14(12)17(15)18/h2-6,8,10,15,17-19,21H,7,9H2,1H3. The number of fused-ring (bicyclic) bond motifs is 3. The number of rotatable bonds is 2. The fourth-order valence-corrected chi connectivity index (χ4v) is 4.19. The molecule has 4 unspecified atom stereocenters. The first-order valence-corrected chi connectivity index (χ1v) is 7.69. The van der Waals surface area contributed by atoms with E-state index >= 15 is 0 Å². The Bertz CT molecular complexity index is 694. The van der Waals surface area contributed by atoms with E-state index in [1.807, 2.05) is 6.92 Å². The van der Waals surface area contributed by atoms with Crippen LogP contribution in [0.5, 0.6) is 0 Å². The number of hydrogen-bond acceptors (Lipinski definition) is 1. The van der Waals surface area contributed by atoms with Gasteiger partial charge in [0.25, 0.3) is 0 Å². The molecule has 4 atom stereocenters. The minimum atomic E-state index is -0.554. The third-order valence-corrected chi connectivity index (χ3v) is 5.32. The van der Waals surface area contributed by atoms with Crippen LogP contribution in [0.1, 0.15) is 40.7 Å². The van der Waals surface area contributed by atoms with Crippen LogP contribution in [-0.4, -0.2) is 5.11 Å². The molecule has 2 aliphatic carbocycles. The Morgan fingerprint density at radius 1 is 1.19 bits per heavy atom. The van der Waals surface area contributed by atoms with Crippen molar-refractivity contribution in [2.45, 2.75) is 31.8 Å². The van der Waals surface area contributed by atoms with Gasteiger partial charge in [0.15, 0.2) is 0 Å². The van der Waals surface area contributed by atoms with Crippen molar-refractivity contribution < 1.29 is 9.50 Å². The third kappa shape index (κ3) is 2.01. The lowest BCUT2D eigenvalue weighted by molar-refractivity contribution is 0.144. The summed E-state index contributed by atoms with van der Waals surface area (Å²) in [6, 6.07) is 13.3. The van der Waals surface area contributed by atoms with Crippen molar-refractivity contribution in [2.75, 3.05) is 0 Å². The molecule has 2 heteroatoms. The van der Waals surface area contributed by atoms with Crippen LogP contribution in [-0.2, 0) is 6.42 Å². The minimum Gasteiger partial charge on any atom is -0.388 e. The highest BCUT2D eigenvalue weighted by molar-refractivity contribution is 5.41. The van der Waals surface area contributed by atoms with E-state index in [1.165, 1.54) is 23.3 Å². The molecule has 21 heavy (non-hydrogen) atoms. The number of halogens is 1. The van der Waals surface area contributed by atoms with Crippen LogP contribution in [0, 0.1) is 24.6 Å². The summed E-state index contributed by atoms with van der Waals surface area (Å²) in [5.74, 6) is 0.984. The van der Waals surface area contributed by atoms with Crippen LogP contribution < -0.4 is 0 Å². The first-order valence-electron chi connectivity index (χ1n) is 7.69. The van der Waals surface area contributed by atoms with Gasteiger partial charge in [0.05, 0.1) is 6.10 Å². The summed E-state index contributed by atoms with van der Waals surface area (Å²) in [7, 11) is 0. The first-order chi connectivity index (χ1) is 10.2. The predicted octanol–water partition coefficient (Wildman–Crippen LogP) is 4.14. The van der Waals surface area contributed by atoms with Gasteiger partial charge in [0, 0.05) is 0 Å². The molecule has 4 rings (SSSR count). The Morgan fingerprint density at radius 3 is 2.86 bits per heavy atom. The zero-order valence-electron chi connectivity index (χ0n) is 12.1. The fourth-order valence-electron chi connectivity index (χ4n) is 4.19. The monoisotopic (exact) mass is 282 g/mol. The molecule has 0 aromatic heterocycles. The van der Waals surface area contributed by atoms with Crippen molar-refractivity contribution in [3.63, 3.8) is 0 Å². The molecule has 1 nitrogen and oxygen atoms in total. The largest absolute Gasteiger partial charge is 0.388 e. The Kier molecular flexibility index (Phi) is 2.90. The Labute approximate surface area is 124 Å². The van der Waals surface area contributed by atoms with Gasteiger partial charge in [-0.05, 0) is 71.9 Å². The molecule has 0 aliphatic heterocycles. The summed E-state index contributed by atoms with van der Waals surface area (Å²) in [5.41, 5.74) is 4.55. The molecule has 0 saturated heterocycles. The number of aliphatic hydroxyl groups is 1. The van der Waals surface area contributed by atoms with Gasteiger partial charge in [-0.1, -0.05) is 30.3 Å². The molecule has 2 aromatic rings. The maximum Gasteiger partial charge on any atom is 0.123 e. The average Bonchev–Trinajstić information content (AvgIpc) is 3.24. The van der Waals surface area contributed by atoms with Gasteiger partial charge in [0.1, 0.15) is 5.82 Å². The lowest BCUT2D eigenvalue weighted by atomic mass is 9.92. The highest BCUT2D eigenvalue weighted by Crippen LogP contribution is 2.64. The average molecular weight is 282 g/mol. The second kappa shape index (κ2) is 4.67. The van der Waals surface area contributed by atoms with Crippen molar-refractivity contribution >= 4 is 0 Å². The highest BCUT2D eigenvalue weighted by atomic mass is 19.1. The normalized spacial score (nSPS) is 27.7. The lowest BCUT2D eigenvalue weighted by Crippen LogP contribution is -2.05. The smallest absolute Gasteiger partial charge is 0.123 e. The molecular formula is C19H19FO. The van der Waals surface area contributed by atoms with E-state index < -0.39 is 6.10 Å².